The van der Waals surface area contributed by atoms with Crippen molar-refractivity contribution in [3.63, 3.8) is 0 Å². The fourth-order valence-corrected chi connectivity index (χ4v) is 2.97. The van der Waals surface area contributed by atoms with Crippen LogP contribution in [0.3, 0.4) is 0 Å². The van der Waals surface area contributed by atoms with Crippen LogP contribution in [-0.2, 0) is 6.54 Å². The van der Waals surface area contributed by atoms with Crippen LogP contribution in [0, 0.1) is 19.7 Å². The summed E-state index contributed by atoms with van der Waals surface area (Å²) in [5.41, 5.74) is 3.03. The number of rotatable bonds is 7. The molecule has 0 spiro atoms. The third-order valence-electron chi connectivity index (χ3n) is 4.41. The largest absolute Gasteiger partial charge is 0.489 e. The zero-order valence-electron chi connectivity index (χ0n) is 18.1. The fraction of sp³-hybridized carbons (Fsp3) is 0.318. The first-order chi connectivity index (χ1) is 14.4. The maximum atomic E-state index is 13.3. The molecule has 0 amide bonds. The lowest BCUT2D eigenvalue weighted by Gasteiger charge is -2.18. The molecule has 2 N–H and O–H groups in total. The molecule has 0 aliphatic heterocycles. The van der Waals surface area contributed by atoms with Crippen molar-refractivity contribution in [2.24, 2.45) is 4.99 Å². The quantitative estimate of drug-likeness (QED) is 0.272. The highest BCUT2D eigenvalue weighted by molar-refractivity contribution is 14.0. The van der Waals surface area contributed by atoms with Crippen LogP contribution in [0.25, 0.3) is 5.82 Å². The van der Waals surface area contributed by atoms with E-state index in [0.717, 1.165) is 22.8 Å². The standard InChI is InChI=1S/C22H27FN6O.HI/c1-15-10-16(2)29(28-15)21-9-8-18(13-25-21)14-27-22(24-4)26-12-17(3)30-20-7-5-6-19(23)11-20;/h5-11,13,17H,12,14H2,1-4H3,(H2,24,26,27);1H. The van der Waals surface area contributed by atoms with Crippen LogP contribution >= 0.6 is 24.0 Å². The van der Waals surface area contributed by atoms with Crippen molar-refractivity contribution in [1.29, 1.82) is 0 Å². The molecular weight excluding hydrogens is 510 g/mol. The van der Waals surface area contributed by atoms with Crippen molar-refractivity contribution in [3.05, 3.63) is 71.4 Å². The molecule has 2 aromatic heterocycles. The molecule has 1 aromatic carbocycles. The summed E-state index contributed by atoms with van der Waals surface area (Å²) in [5, 5.41) is 10.9. The van der Waals surface area contributed by atoms with E-state index in [4.69, 9.17) is 4.74 Å². The van der Waals surface area contributed by atoms with Crippen LogP contribution in [0.4, 0.5) is 4.39 Å². The summed E-state index contributed by atoms with van der Waals surface area (Å²) in [7, 11) is 1.71. The van der Waals surface area contributed by atoms with Gasteiger partial charge in [0.15, 0.2) is 11.8 Å². The average molecular weight is 538 g/mol. The molecule has 0 saturated carbocycles. The number of aliphatic imine (C=N–C) groups is 1. The number of benzene rings is 1. The molecule has 7 nitrogen and oxygen atoms in total. The van der Waals surface area contributed by atoms with Crippen molar-refractivity contribution >= 4 is 29.9 Å². The average Bonchev–Trinajstić information content (AvgIpc) is 3.06. The maximum absolute atomic E-state index is 13.3. The van der Waals surface area contributed by atoms with Crippen LogP contribution in [0.5, 0.6) is 5.75 Å². The minimum absolute atomic E-state index is 0. The Morgan fingerprint density at radius 2 is 2.00 bits per heavy atom. The van der Waals surface area contributed by atoms with E-state index >= 15 is 0 Å². The number of aryl methyl sites for hydroxylation is 2. The summed E-state index contributed by atoms with van der Waals surface area (Å²) in [4.78, 5) is 8.72. The number of ether oxygens (including phenoxy) is 1. The van der Waals surface area contributed by atoms with E-state index in [2.05, 4.69) is 25.7 Å². The molecule has 0 saturated heterocycles. The van der Waals surface area contributed by atoms with Crippen molar-refractivity contribution < 1.29 is 9.13 Å². The lowest BCUT2D eigenvalue weighted by Crippen LogP contribution is -2.41. The lowest BCUT2D eigenvalue weighted by atomic mass is 10.3. The van der Waals surface area contributed by atoms with Gasteiger partial charge in [0, 0.05) is 31.5 Å². The number of guanidine groups is 1. The van der Waals surface area contributed by atoms with Crippen LogP contribution in [0.15, 0.2) is 53.7 Å². The SMILES string of the molecule is CN=C(NCc1ccc(-n2nc(C)cc2C)nc1)NCC(C)Oc1cccc(F)c1.I. The molecular formula is C22H28FIN6O. The van der Waals surface area contributed by atoms with E-state index in [0.29, 0.717) is 24.8 Å². The summed E-state index contributed by atoms with van der Waals surface area (Å²) in [6.45, 7) is 6.97. The zero-order chi connectivity index (χ0) is 21.5. The molecule has 0 fully saturated rings. The van der Waals surface area contributed by atoms with E-state index in [-0.39, 0.29) is 35.9 Å². The van der Waals surface area contributed by atoms with Gasteiger partial charge in [-0.05, 0) is 50.6 Å². The van der Waals surface area contributed by atoms with Crippen LogP contribution in [0.2, 0.25) is 0 Å². The molecule has 0 aliphatic carbocycles. The highest BCUT2D eigenvalue weighted by Gasteiger charge is 2.08. The van der Waals surface area contributed by atoms with E-state index in [1.165, 1.54) is 12.1 Å². The molecule has 31 heavy (non-hydrogen) atoms. The molecule has 0 bridgehead atoms. The number of nitrogens with one attached hydrogen (secondary N) is 2. The highest BCUT2D eigenvalue weighted by atomic mass is 127. The third-order valence-corrected chi connectivity index (χ3v) is 4.41. The molecule has 1 atom stereocenters. The first kappa shape index (κ1) is 24.6. The number of halogens is 2. The molecule has 0 aliphatic rings. The van der Waals surface area contributed by atoms with E-state index in [9.17, 15) is 4.39 Å². The van der Waals surface area contributed by atoms with Gasteiger partial charge in [-0.1, -0.05) is 12.1 Å². The Hall–Kier alpha value is -2.69. The molecule has 1 unspecified atom stereocenters. The second-order valence-corrected chi connectivity index (χ2v) is 7.06. The van der Waals surface area contributed by atoms with Gasteiger partial charge in [-0.25, -0.2) is 14.1 Å². The molecule has 3 rings (SSSR count). The predicted molar refractivity (Wildman–Crippen MR) is 131 cm³/mol. The Balaban J connectivity index is 0.00000341. The summed E-state index contributed by atoms with van der Waals surface area (Å²) >= 11 is 0. The number of nitrogens with zero attached hydrogens (tertiary/aromatic N) is 4. The summed E-state index contributed by atoms with van der Waals surface area (Å²) in [6.07, 6.45) is 1.66. The van der Waals surface area contributed by atoms with E-state index in [1.54, 1.807) is 19.2 Å². The van der Waals surface area contributed by atoms with Gasteiger partial charge in [0.05, 0.1) is 12.2 Å². The van der Waals surface area contributed by atoms with Gasteiger partial charge in [0.2, 0.25) is 0 Å². The van der Waals surface area contributed by atoms with Gasteiger partial charge in [-0.15, -0.1) is 24.0 Å². The second kappa shape index (κ2) is 11.6. The number of pyridine rings is 1. The van der Waals surface area contributed by atoms with Crippen molar-refractivity contribution in [2.75, 3.05) is 13.6 Å². The Labute approximate surface area is 199 Å². The Morgan fingerprint density at radius 1 is 1.19 bits per heavy atom. The third kappa shape index (κ3) is 7.20. The molecule has 9 heteroatoms. The monoisotopic (exact) mass is 538 g/mol. The fourth-order valence-electron chi connectivity index (χ4n) is 2.97. The van der Waals surface area contributed by atoms with E-state index < -0.39 is 0 Å². The summed E-state index contributed by atoms with van der Waals surface area (Å²) < 4.78 is 20.8. The molecule has 166 valence electrons. The van der Waals surface area contributed by atoms with Gasteiger partial charge in [0.1, 0.15) is 17.7 Å². The number of hydrogen-bond donors (Lipinski definition) is 2. The second-order valence-electron chi connectivity index (χ2n) is 7.06. The van der Waals surface area contributed by atoms with Crippen LogP contribution in [0.1, 0.15) is 23.9 Å². The lowest BCUT2D eigenvalue weighted by molar-refractivity contribution is 0.223. The van der Waals surface area contributed by atoms with Gasteiger partial charge in [-0.2, -0.15) is 5.10 Å². The first-order valence-electron chi connectivity index (χ1n) is 9.80. The Bertz CT molecular complexity index is 1010. The van der Waals surface area contributed by atoms with Crippen molar-refractivity contribution in [3.8, 4) is 11.6 Å². The highest BCUT2D eigenvalue weighted by Crippen LogP contribution is 2.13. The minimum Gasteiger partial charge on any atom is -0.489 e. The number of hydrogen-bond acceptors (Lipinski definition) is 4. The van der Waals surface area contributed by atoms with Crippen molar-refractivity contribution in [1.82, 2.24) is 25.4 Å². The van der Waals surface area contributed by atoms with E-state index in [1.807, 2.05) is 49.8 Å². The number of aromatic nitrogens is 3. The molecule has 0 radical (unpaired) electrons. The predicted octanol–water partition coefficient (Wildman–Crippen LogP) is 3.77. The van der Waals surface area contributed by atoms with Crippen LogP contribution in [-0.4, -0.2) is 40.4 Å². The maximum Gasteiger partial charge on any atom is 0.191 e. The topological polar surface area (TPSA) is 76.4 Å². The molecule has 2 heterocycles. The minimum atomic E-state index is -0.317. The normalized spacial score (nSPS) is 12.1. The zero-order valence-corrected chi connectivity index (χ0v) is 20.4. The summed E-state index contributed by atoms with van der Waals surface area (Å²) in [5.74, 6) is 1.62. The van der Waals surface area contributed by atoms with Gasteiger partial charge < -0.3 is 15.4 Å². The van der Waals surface area contributed by atoms with Crippen LogP contribution < -0.4 is 15.4 Å². The van der Waals surface area contributed by atoms with Gasteiger partial charge in [-0.3, -0.25) is 4.99 Å². The first-order valence-corrected chi connectivity index (χ1v) is 9.80. The van der Waals surface area contributed by atoms with Gasteiger partial charge in [0.25, 0.3) is 0 Å². The van der Waals surface area contributed by atoms with Crippen molar-refractivity contribution in [2.45, 2.75) is 33.4 Å². The smallest absolute Gasteiger partial charge is 0.191 e. The Kier molecular flexibility index (Phi) is 9.22. The Morgan fingerprint density at radius 3 is 2.61 bits per heavy atom. The summed E-state index contributed by atoms with van der Waals surface area (Å²) in [6, 6.07) is 12.1. The van der Waals surface area contributed by atoms with Gasteiger partial charge >= 0.3 is 0 Å². The molecule has 3 aromatic rings.